The van der Waals surface area contributed by atoms with Crippen LogP contribution in [-0.4, -0.2) is 33.3 Å². The van der Waals surface area contributed by atoms with Crippen LogP contribution in [0.3, 0.4) is 0 Å². The molecule has 0 bridgehead atoms. The van der Waals surface area contributed by atoms with E-state index in [1.165, 1.54) is 24.8 Å². The highest BCUT2D eigenvalue weighted by molar-refractivity contribution is 5.66. The van der Waals surface area contributed by atoms with Crippen molar-refractivity contribution in [1.29, 1.82) is 0 Å². The summed E-state index contributed by atoms with van der Waals surface area (Å²) >= 11 is 0. The van der Waals surface area contributed by atoms with Gasteiger partial charge in [-0.3, -0.25) is 0 Å². The molecule has 0 saturated carbocycles. The molecule has 2 aromatic carbocycles. The first kappa shape index (κ1) is 15.8. The van der Waals surface area contributed by atoms with Crippen molar-refractivity contribution in [3.05, 3.63) is 65.6 Å². The minimum absolute atomic E-state index is 0.300. The zero-order chi connectivity index (χ0) is 17.4. The number of aryl methyl sites for hydroxylation is 1. The van der Waals surface area contributed by atoms with Gasteiger partial charge in [-0.1, -0.05) is 29.5 Å². The monoisotopic (exact) mass is 339 g/mol. The van der Waals surface area contributed by atoms with Crippen molar-refractivity contribution in [2.75, 3.05) is 7.11 Å². The largest absolute Gasteiger partial charge is 0.496 e. The van der Waals surface area contributed by atoms with Crippen LogP contribution in [-0.2, 0) is 6.42 Å². The summed E-state index contributed by atoms with van der Waals surface area (Å²) in [5.74, 6) is 0.159. The second-order valence-electron chi connectivity index (χ2n) is 6.18. The van der Waals surface area contributed by atoms with Gasteiger partial charge in [0, 0.05) is 5.56 Å². The van der Waals surface area contributed by atoms with Crippen LogP contribution >= 0.6 is 0 Å². The number of hydrogen-bond donors (Lipinski definition) is 1. The van der Waals surface area contributed by atoms with E-state index >= 15 is 0 Å². The molecule has 0 amide bonds. The molecular weight excluding hydrogens is 321 g/mol. The molecule has 0 fully saturated rings. The molecule has 2 atom stereocenters. The Bertz CT molecular complexity index is 909. The predicted molar refractivity (Wildman–Crippen MR) is 90.9 cm³/mol. The summed E-state index contributed by atoms with van der Waals surface area (Å²) in [5, 5.41) is 18.9. The minimum atomic E-state index is -0.543. The maximum Gasteiger partial charge on any atom is 0.128 e. The van der Waals surface area contributed by atoms with Crippen molar-refractivity contribution < 1.29 is 14.2 Å². The minimum Gasteiger partial charge on any atom is -0.496 e. The molecule has 0 radical (unpaired) electrons. The lowest BCUT2D eigenvalue weighted by Crippen LogP contribution is -2.30. The molecule has 0 unspecified atom stereocenters. The lowest BCUT2D eigenvalue weighted by Gasteiger charge is -2.30. The number of aliphatic hydroxyl groups excluding tert-OH is 1. The first-order valence-electron chi connectivity index (χ1n) is 8.19. The molecule has 25 heavy (non-hydrogen) atoms. The molecule has 0 spiro atoms. The molecule has 4 rings (SSSR count). The molecule has 6 heteroatoms. The van der Waals surface area contributed by atoms with Gasteiger partial charge in [-0.25, -0.2) is 9.07 Å². The summed E-state index contributed by atoms with van der Waals surface area (Å²) in [5.41, 5.74) is 3.29. The number of benzene rings is 2. The van der Waals surface area contributed by atoms with E-state index in [0.717, 1.165) is 12.0 Å². The Morgan fingerprint density at radius 3 is 2.92 bits per heavy atom. The topological polar surface area (TPSA) is 60.2 Å². The maximum absolute atomic E-state index is 13.6. The normalized spacial score (nSPS) is 19.5. The second kappa shape index (κ2) is 6.29. The Balaban J connectivity index is 1.77. The number of nitrogens with zero attached hydrogens (tertiary/aromatic N) is 3. The second-order valence-corrected chi connectivity index (χ2v) is 6.18. The number of hydrogen-bond acceptors (Lipinski definition) is 4. The molecule has 1 aromatic heterocycles. The molecule has 1 aliphatic rings. The van der Waals surface area contributed by atoms with E-state index in [2.05, 4.69) is 16.4 Å². The number of fused-ring (bicyclic) bond motifs is 1. The molecule has 1 heterocycles. The third kappa shape index (κ3) is 2.78. The summed E-state index contributed by atoms with van der Waals surface area (Å²) in [6.07, 6.45) is 2.69. The Labute approximate surface area is 144 Å². The number of methoxy groups -OCH3 is 1. The first-order valence-corrected chi connectivity index (χ1v) is 8.19. The van der Waals surface area contributed by atoms with E-state index in [4.69, 9.17) is 4.74 Å². The number of rotatable bonds is 3. The van der Waals surface area contributed by atoms with Crippen molar-refractivity contribution >= 4 is 0 Å². The summed E-state index contributed by atoms with van der Waals surface area (Å²) in [6.45, 7) is 0. The van der Waals surface area contributed by atoms with Gasteiger partial charge in [0.05, 0.1) is 19.4 Å². The van der Waals surface area contributed by atoms with E-state index < -0.39 is 6.10 Å². The van der Waals surface area contributed by atoms with Gasteiger partial charge in [-0.2, -0.15) is 0 Å². The molecule has 1 N–H and O–H groups in total. The number of aromatic nitrogens is 3. The van der Waals surface area contributed by atoms with Gasteiger partial charge in [-0.15, -0.1) is 5.10 Å². The number of ether oxygens (including phenoxy) is 1. The lowest BCUT2D eigenvalue weighted by atomic mass is 9.86. The Morgan fingerprint density at radius 2 is 2.08 bits per heavy atom. The van der Waals surface area contributed by atoms with Crippen LogP contribution < -0.4 is 4.74 Å². The highest BCUT2D eigenvalue weighted by Gasteiger charge is 2.30. The smallest absolute Gasteiger partial charge is 0.128 e. The summed E-state index contributed by atoms with van der Waals surface area (Å²) in [7, 11) is 1.53. The predicted octanol–water partition coefficient (Wildman–Crippen LogP) is 2.99. The Morgan fingerprint density at radius 1 is 1.24 bits per heavy atom. The average molecular weight is 339 g/mol. The van der Waals surface area contributed by atoms with Crippen LogP contribution in [0.25, 0.3) is 11.3 Å². The van der Waals surface area contributed by atoms with E-state index in [1.807, 2.05) is 18.2 Å². The third-order valence-electron chi connectivity index (χ3n) is 4.68. The molecule has 0 aliphatic heterocycles. The standard InChI is InChI=1S/C19H18FN3O2/c1-25-18-9-7-13(20)10-15(18)16-11-23(22-21-16)19-14-5-3-2-4-12(14)6-8-17(19)24/h2-5,7,9-11,17,19,24H,6,8H2,1H3/t17-,19-/m0/s1. The van der Waals surface area contributed by atoms with Gasteiger partial charge in [0.1, 0.15) is 23.3 Å². The van der Waals surface area contributed by atoms with Crippen molar-refractivity contribution in [2.24, 2.45) is 0 Å². The SMILES string of the molecule is COc1ccc(F)cc1-c1cn([C@H]2c3ccccc3CC[C@@H]2O)nn1. The van der Waals surface area contributed by atoms with Gasteiger partial charge >= 0.3 is 0 Å². The quantitative estimate of drug-likeness (QED) is 0.797. The van der Waals surface area contributed by atoms with Crippen molar-refractivity contribution in [1.82, 2.24) is 15.0 Å². The number of aliphatic hydroxyl groups is 1. The third-order valence-corrected chi connectivity index (χ3v) is 4.68. The Kier molecular flexibility index (Phi) is 3.97. The highest BCUT2D eigenvalue weighted by Crippen LogP contribution is 2.34. The molecule has 3 aromatic rings. The fourth-order valence-electron chi connectivity index (χ4n) is 3.45. The van der Waals surface area contributed by atoms with Crippen molar-refractivity contribution in [3.63, 3.8) is 0 Å². The van der Waals surface area contributed by atoms with Crippen molar-refractivity contribution in [3.8, 4) is 17.0 Å². The molecule has 128 valence electrons. The lowest BCUT2D eigenvalue weighted by molar-refractivity contribution is 0.107. The van der Waals surface area contributed by atoms with Crippen LogP contribution in [0, 0.1) is 5.82 Å². The average Bonchev–Trinajstić information content (AvgIpc) is 3.11. The van der Waals surface area contributed by atoms with Crippen LogP contribution in [0.4, 0.5) is 4.39 Å². The fourth-order valence-corrected chi connectivity index (χ4v) is 3.45. The molecular formula is C19H18FN3O2. The van der Waals surface area contributed by atoms with Gasteiger partial charge in [-0.05, 0) is 42.2 Å². The van der Waals surface area contributed by atoms with E-state index in [-0.39, 0.29) is 11.9 Å². The molecule has 5 nitrogen and oxygen atoms in total. The van der Waals surface area contributed by atoms with Crippen molar-refractivity contribution in [2.45, 2.75) is 25.0 Å². The van der Waals surface area contributed by atoms with Crippen LogP contribution in [0.1, 0.15) is 23.6 Å². The van der Waals surface area contributed by atoms with Gasteiger partial charge in [0.2, 0.25) is 0 Å². The summed E-state index contributed by atoms with van der Waals surface area (Å²) in [6, 6.07) is 12.0. The summed E-state index contributed by atoms with van der Waals surface area (Å²) in [4.78, 5) is 0. The van der Waals surface area contributed by atoms with Crippen LogP contribution in [0.2, 0.25) is 0 Å². The fraction of sp³-hybridized carbons (Fsp3) is 0.263. The Hall–Kier alpha value is -2.73. The summed E-state index contributed by atoms with van der Waals surface area (Å²) < 4.78 is 20.6. The van der Waals surface area contributed by atoms with Crippen LogP contribution in [0.15, 0.2) is 48.7 Å². The first-order chi connectivity index (χ1) is 12.2. The van der Waals surface area contributed by atoms with Gasteiger partial charge in [0.25, 0.3) is 0 Å². The van der Waals surface area contributed by atoms with Crippen LogP contribution in [0.5, 0.6) is 5.75 Å². The zero-order valence-corrected chi connectivity index (χ0v) is 13.8. The molecule has 1 aliphatic carbocycles. The van der Waals surface area contributed by atoms with E-state index in [1.54, 1.807) is 16.9 Å². The molecule has 0 saturated heterocycles. The van der Waals surface area contributed by atoms with E-state index in [0.29, 0.717) is 23.4 Å². The number of halogens is 1. The highest BCUT2D eigenvalue weighted by atomic mass is 19.1. The van der Waals surface area contributed by atoms with Gasteiger partial charge in [0.15, 0.2) is 0 Å². The maximum atomic E-state index is 13.6. The van der Waals surface area contributed by atoms with E-state index in [9.17, 15) is 9.50 Å². The zero-order valence-electron chi connectivity index (χ0n) is 13.8. The van der Waals surface area contributed by atoms with Gasteiger partial charge < -0.3 is 9.84 Å².